The van der Waals surface area contributed by atoms with Crippen molar-refractivity contribution in [3.8, 4) is 0 Å². The summed E-state index contributed by atoms with van der Waals surface area (Å²) in [5.74, 6) is -0.674. The maximum absolute atomic E-state index is 12.0. The molecular weight excluding hydrogens is 367 g/mol. The van der Waals surface area contributed by atoms with Crippen molar-refractivity contribution in [2.45, 2.75) is 6.92 Å². The number of cyclic esters (lactones) is 1. The van der Waals surface area contributed by atoms with Gasteiger partial charge < -0.3 is 4.74 Å². The molecule has 0 aliphatic carbocycles. The van der Waals surface area contributed by atoms with E-state index >= 15 is 0 Å². The number of benzene rings is 2. The molecule has 2 aromatic carbocycles. The Morgan fingerprint density at radius 2 is 2.00 bits per heavy atom. The van der Waals surface area contributed by atoms with Crippen LogP contribution in [0.4, 0.5) is 5.69 Å². The first-order valence-electron chi connectivity index (χ1n) is 7.09. The molecule has 0 aromatic heterocycles. The lowest BCUT2D eigenvalue weighted by Gasteiger charge is -2.01. The molecule has 0 saturated heterocycles. The maximum atomic E-state index is 12.0. The fraction of sp³-hybridized carbons (Fsp3) is 0.0588. The van der Waals surface area contributed by atoms with Crippen molar-refractivity contribution in [3.05, 3.63) is 78.9 Å². The highest BCUT2D eigenvalue weighted by Crippen LogP contribution is 2.29. The van der Waals surface area contributed by atoms with E-state index in [2.05, 4.69) is 4.99 Å². The number of carbonyl (C=O) groups excluding carboxylic acids is 1. The minimum Gasteiger partial charge on any atom is -0.402 e. The molecule has 126 valence electrons. The predicted octanol–water partition coefficient (Wildman–Crippen LogP) is 4.55. The van der Waals surface area contributed by atoms with Crippen LogP contribution in [0, 0.1) is 17.0 Å². The number of nitro groups is 1. The van der Waals surface area contributed by atoms with E-state index in [-0.39, 0.29) is 17.3 Å². The first-order chi connectivity index (χ1) is 11.9. The van der Waals surface area contributed by atoms with Gasteiger partial charge in [0.25, 0.3) is 5.69 Å². The van der Waals surface area contributed by atoms with Crippen molar-refractivity contribution < 1.29 is 14.5 Å². The molecule has 3 rings (SSSR count). The van der Waals surface area contributed by atoms with Gasteiger partial charge in [0, 0.05) is 17.2 Å². The molecule has 0 spiro atoms. The van der Waals surface area contributed by atoms with Crippen LogP contribution in [0.2, 0.25) is 10.0 Å². The minimum absolute atomic E-state index is 0.00231. The molecule has 0 N–H and O–H groups in total. The Hall–Kier alpha value is -2.70. The summed E-state index contributed by atoms with van der Waals surface area (Å²) in [5, 5.41) is 11.7. The largest absolute Gasteiger partial charge is 0.402 e. The van der Waals surface area contributed by atoms with Crippen LogP contribution < -0.4 is 0 Å². The number of aliphatic imine (C=N–C) groups is 1. The third-order valence-electron chi connectivity index (χ3n) is 3.55. The van der Waals surface area contributed by atoms with E-state index in [1.54, 1.807) is 37.3 Å². The fourth-order valence-corrected chi connectivity index (χ4v) is 2.61. The van der Waals surface area contributed by atoms with Crippen molar-refractivity contribution in [3.63, 3.8) is 0 Å². The second kappa shape index (κ2) is 6.66. The lowest BCUT2D eigenvalue weighted by atomic mass is 10.1. The van der Waals surface area contributed by atoms with Crippen LogP contribution in [0.5, 0.6) is 0 Å². The average molecular weight is 377 g/mol. The number of carbonyl (C=O) groups is 1. The van der Waals surface area contributed by atoms with Gasteiger partial charge in [0.1, 0.15) is 0 Å². The van der Waals surface area contributed by atoms with Gasteiger partial charge in [-0.2, -0.15) is 0 Å². The molecule has 1 heterocycles. The van der Waals surface area contributed by atoms with E-state index in [1.807, 2.05) is 0 Å². The second-order valence-corrected chi connectivity index (χ2v) is 6.02. The van der Waals surface area contributed by atoms with Crippen LogP contribution >= 0.6 is 23.2 Å². The average Bonchev–Trinajstić information content (AvgIpc) is 2.93. The monoisotopic (exact) mass is 376 g/mol. The molecule has 8 heteroatoms. The number of esters is 1. The van der Waals surface area contributed by atoms with Crippen LogP contribution in [0.15, 0.2) is 47.1 Å². The van der Waals surface area contributed by atoms with Crippen molar-refractivity contribution in [2.75, 3.05) is 0 Å². The van der Waals surface area contributed by atoms with Gasteiger partial charge in [-0.25, -0.2) is 9.79 Å². The highest BCUT2D eigenvalue weighted by Gasteiger charge is 2.26. The lowest BCUT2D eigenvalue weighted by Crippen LogP contribution is -2.06. The SMILES string of the molecule is Cc1ccc(C2=NC(=Cc3cccc(Cl)c3Cl)C(=O)O2)cc1[N+](=O)[O-]. The van der Waals surface area contributed by atoms with Gasteiger partial charge in [-0.3, -0.25) is 10.1 Å². The predicted molar refractivity (Wildman–Crippen MR) is 94.9 cm³/mol. The second-order valence-electron chi connectivity index (χ2n) is 5.24. The number of nitrogens with zero attached hydrogens (tertiary/aromatic N) is 2. The molecule has 0 radical (unpaired) electrons. The van der Waals surface area contributed by atoms with Crippen molar-refractivity contribution >= 4 is 46.8 Å². The Morgan fingerprint density at radius 3 is 2.72 bits per heavy atom. The molecule has 0 saturated carbocycles. The number of halogens is 2. The molecular formula is C17H10Cl2N2O4. The van der Waals surface area contributed by atoms with Gasteiger partial charge in [-0.15, -0.1) is 0 Å². The summed E-state index contributed by atoms with van der Waals surface area (Å²) in [6.45, 7) is 1.62. The van der Waals surface area contributed by atoms with Crippen LogP contribution in [0.25, 0.3) is 6.08 Å². The summed E-state index contributed by atoms with van der Waals surface area (Å²) >= 11 is 12.0. The Labute approximate surface area is 152 Å². The number of hydrogen-bond acceptors (Lipinski definition) is 5. The lowest BCUT2D eigenvalue weighted by molar-refractivity contribution is -0.385. The normalized spacial score (nSPS) is 15.2. The third kappa shape index (κ3) is 3.40. The first kappa shape index (κ1) is 17.1. The Morgan fingerprint density at radius 1 is 1.24 bits per heavy atom. The molecule has 25 heavy (non-hydrogen) atoms. The minimum atomic E-state index is -0.672. The molecule has 1 aliphatic rings. The van der Waals surface area contributed by atoms with Gasteiger partial charge in [0.05, 0.1) is 15.0 Å². The van der Waals surface area contributed by atoms with E-state index in [1.165, 1.54) is 12.1 Å². The number of nitro benzene ring substituents is 1. The number of rotatable bonds is 3. The smallest absolute Gasteiger partial charge is 0.363 e. The zero-order chi connectivity index (χ0) is 18.1. The van der Waals surface area contributed by atoms with E-state index in [4.69, 9.17) is 27.9 Å². The van der Waals surface area contributed by atoms with Gasteiger partial charge in [-0.05, 0) is 30.7 Å². The number of ether oxygens (including phenoxy) is 1. The Bertz CT molecular complexity index is 967. The van der Waals surface area contributed by atoms with Crippen molar-refractivity contribution in [1.29, 1.82) is 0 Å². The summed E-state index contributed by atoms with van der Waals surface area (Å²) < 4.78 is 5.12. The van der Waals surface area contributed by atoms with Crippen LogP contribution in [0.3, 0.4) is 0 Å². The van der Waals surface area contributed by atoms with E-state index in [0.29, 0.717) is 26.7 Å². The third-order valence-corrected chi connectivity index (χ3v) is 4.38. The molecule has 0 atom stereocenters. The van der Waals surface area contributed by atoms with Crippen LogP contribution in [-0.4, -0.2) is 16.8 Å². The molecule has 0 fully saturated rings. The molecule has 6 nitrogen and oxygen atoms in total. The molecule has 0 unspecified atom stereocenters. The maximum Gasteiger partial charge on any atom is 0.363 e. The standard InChI is InChI=1S/C17H10Cl2N2O4/c1-9-5-6-11(8-14(9)21(23)24)16-20-13(17(22)25-16)7-10-3-2-4-12(18)15(10)19/h2-8H,1H3. The summed E-state index contributed by atoms with van der Waals surface area (Å²) in [6, 6.07) is 9.48. The molecule has 0 bridgehead atoms. The summed E-state index contributed by atoms with van der Waals surface area (Å²) in [4.78, 5) is 26.7. The zero-order valence-electron chi connectivity index (χ0n) is 12.8. The molecule has 0 amide bonds. The van der Waals surface area contributed by atoms with Gasteiger partial charge in [-0.1, -0.05) is 41.4 Å². The van der Waals surface area contributed by atoms with Gasteiger partial charge in [0.2, 0.25) is 5.90 Å². The quantitative estimate of drug-likeness (QED) is 0.340. The molecule has 2 aromatic rings. The number of aryl methyl sites for hydroxylation is 1. The Kier molecular flexibility index (Phi) is 4.57. The van der Waals surface area contributed by atoms with Crippen molar-refractivity contribution in [1.82, 2.24) is 0 Å². The fourth-order valence-electron chi connectivity index (χ4n) is 2.25. The zero-order valence-corrected chi connectivity index (χ0v) is 14.3. The highest BCUT2D eigenvalue weighted by atomic mass is 35.5. The first-order valence-corrected chi connectivity index (χ1v) is 7.84. The molecule has 1 aliphatic heterocycles. The Balaban J connectivity index is 2.01. The van der Waals surface area contributed by atoms with Crippen LogP contribution in [-0.2, 0) is 9.53 Å². The van der Waals surface area contributed by atoms with Gasteiger partial charge >= 0.3 is 5.97 Å². The van der Waals surface area contributed by atoms with Crippen LogP contribution in [0.1, 0.15) is 16.7 Å². The van der Waals surface area contributed by atoms with Gasteiger partial charge in [0.15, 0.2) is 5.70 Å². The van der Waals surface area contributed by atoms with Crippen molar-refractivity contribution in [2.24, 2.45) is 4.99 Å². The van der Waals surface area contributed by atoms with E-state index in [0.717, 1.165) is 0 Å². The van der Waals surface area contributed by atoms with E-state index < -0.39 is 10.9 Å². The summed E-state index contributed by atoms with van der Waals surface area (Å²) in [7, 11) is 0. The summed E-state index contributed by atoms with van der Waals surface area (Å²) in [5.41, 5.74) is 1.31. The summed E-state index contributed by atoms with van der Waals surface area (Å²) in [6.07, 6.45) is 1.45. The highest BCUT2D eigenvalue weighted by molar-refractivity contribution is 6.43. The van der Waals surface area contributed by atoms with E-state index in [9.17, 15) is 14.9 Å². The topological polar surface area (TPSA) is 81.8 Å². The number of hydrogen-bond donors (Lipinski definition) is 0.